The Balaban J connectivity index is 2.03. The van der Waals surface area contributed by atoms with E-state index >= 15 is 0 Å². The Morgan fingerprint density at radius 2 is 1.72 bits per heavy atom. The Bertz CT molecular complexity index is 924. The van der Waals surface area contributed by atoms with Gasteiger partial charge in [-0.3, -0.25) is 4.79 Å². The average molecular weight is 442 g/mol. The third-order valence-electron chi connectivity index (χ3n) is 5.22. The van der Waals surface area contributed by atoms with Crippen LogP contribution >= 0.6 is 0 Å². The summed E-state index contributed by atoms with van der Waals surface area (Å²) in [6, 6.07) is 9.41. The highest BCUT2D eigenvalue weighted by molar-refractivity contribution is 5.97. The predicted octanol–water partition coefficient (Wildman–Crippen LogP) is 4.40. The van der Waals surface area contributed by atoms with Gasteiger partial charge in [0.05, 0.1) is 13.2 Å². The molecule has 32 heavy (non-hydrogen) atoms. The molecule has 7 heteroatoms. The summed E-state index contributed by atoms with van der Waals surface area (Å²) in [4.78, 5) is 17.1. The summed E-state index contributed by atoms with van der Waals surface area (Å²) in [6.45, 7) is 9.17. The molecule has 2 rings (SSSR count). The lowest BCUT2D eigenvalue weighted by molar-refractivity contribution is -0.120. The third kappa shape index (κ3) is 7.18. The second kappa shape index (κ2) is 12.6. The summed E-state index contributed by atoms with van der Waals surface area (Å²) >= 11 is 0. The lowest BCUT2D eigenvalue weighted by Gasteiger charge is -2.16. The van der Waals surface area contributed by atoms with Crippen LogP contribution in [-0.4, -0.2) is 32.0 Å². The number of carbonyl (C=O) groups excluding carboxylic acids is 1. The molecule has 0 aliphatic rings. The quantitative estimate of drug-likeness (QED) is 0.220. The molecule has 0 aromatic heterocycles. The minimum atomic E-state index is 0.00976. The molecule has 174 valence electrons. The number of unbranched alkanes of at least 4 members (excludes halogenated alkanes) is 1. The van der Waals surface area contributed by atoms with Gasteiger partial charge in [0.1, 0.15) is 11.5 Å². The molecule has 0 spiro atoms. The van der Waals surface area contributed by atoms with Crippen molar-refractivity contribution in [2.75, 3.05) is 20.3 Å². The molecule has 0 saturated heterocycles. The highest BCUT2D eigenvalue weighted by Gasteiger charge is 2.14. The second-order valence-corrected chi connectivity index (χ2v) is 7.69. The summed E-state index contributed by atoms with van der Waals surface area (Å²) in [7, 11) is 1.63. The number of hydrogen-bond acceptors (Lipinski definition) is 5. The number of ether oxygens (including phenoxy) is 2. The van der Waals surface area contributed by atoms with Gasteiger partial charge in [0, 0.05) is 24.6 Å². The number of rotatable bonds is 12. The Labute approximate surface area is 190 Å². The first-order chi connectivity index (χ1) is 15.4. The topological polar surface area (TPSA) is 95.2 Å². The van der Waals surface area contributed by atoms with Gasteiger partial charge in [-0.25, -0.2) is 0 Å². The lowest BCUT2D eigenvalue weighted by Crippen LogP contribution is -2.18. The zero-order chi connectivity index (χ0) is 23.5. The first kappa shape index (κ1) is 25.0. The van der Waals surface area contributed by atoms with Crippen molar-refractivity contribution in [2.45, 2.75) is 53.4 Å². The first-order valence-corrected chi connectivity index (χ1v) is 11.0. The number of carbonyl (C=O) groups is 1. The highest BCUT2D eigenvalue weighted by atomic mass is 16.6. The van der Waals surface area contributed by atoms with Gasteiger partial charge >= 0.3 is 0 Å². The summed E-state index contributed by atoms with van der Waals surface area (Å²) in [5.74, 6) is 2.54. The fourth-order valence-corrected chi connectivity index (χ4v) is 3.06. The molecule has 0 bridgehead atoms. The lowest BCUT2D eigenvalue weighted by atomic mass is 10.0. The number of nitrogens with one attached hydrogen (secondary N) is 1. The minimum Gasteiger partial charge on any atom is -0.494 e. The maximum atomic E-state index is 11.3. The monoisotopic (exact) mass is 441 g/mol. The van der Waals surface area contributed by atoms with Crippen LogP contribution in [0.25, 0.3) is 0 Å². The molecule has 0 heterocycles. The van der Waals surface area contributed by atoms with Crippen LogP contribution in [0.5, 0.6) is 17.2 Å². The number of hydrogen-bond donors (Lipinski definition) is 2. The van der Waals surface area contributed by atoms with Crippen LogP contribution in [0.3, 0.4) is 0 Å². The van der Waals surface area contributed by atoms with E-state index in [0.29, 0.717) is 31.8 Å². The molecule has 0 radical (unpaired) electrons. The molecule has 0 aliphatic carbocycles. The van der Waals surface area contributed by atoms with Gasteiger partial charge < -0.3 is 25.4 Å². The number of amidine groups is 1. The molecule has 1 amide bonds. The normalized spacial score (nSPS) is 11.2. The molecular formula is C25H35N3O4. The molecule has 0 saturated carbocycles. The number of nitrogens with zero attached hydrogens (tertiary/aromatic N) is 1. The van der Waals surface area contributed by atoms with Gasteiger partial charge in [-0.2, -0.15) is 0 Å². The van der Waals surface area contributed by atoms with Crippen molar-refractivity contribution in [3.63, 3.8) is 0 Å². The molecule has 7 nitrogen and oxygen atoms in total. The van der Waals surface area contributed by atoms with E-state index in [9.17, 15) is 4.79 Å². The molecule has 2 aromatic rings. The molecule has 0 aliphatic heterocycles. The van der Waals surface area contributed by atoms with Crippen molar-refractivity contribution < 1.29 is 19.1 Å². The number of nitrogens with two attached hydrogens (primary N) is 1. The van der Waals surface area contributed by atoms with Gasteiger partial charge in [-0.1, -0.05) is 18.5 Å². The average Bonchev–Trinajstić information content (AvgIpc) is 2.80. The zero-order valence-corrected chi connectivity index (χ0v) is 19.8. The standard InChI is InChI=1S/C25H35N3O4/c1-6-7-14-30-21-12-10-20(11-13-21)25(26)28-32-24-17(2)16-22(18(3)19(24)4)31-15-8-9-23(29)27-5/h10-13,16H,6-9,14-15H2,1-5H3,(H2,26,28)(H,27,29). The van der Waals surface area contributed by atoms with Crippen molar-refractivity contribution in [2.24, 2.45) is 10.9 Å². The van der Waals surface area contributed by atoms with E-state index in [-0.39, 0.29) is 11.7 Å². The summed E-state index contributed by atoms with van der Waals surface area (Å²) in [5.41, 5.74) is 9.68. The Morgan fingerprint density at radius 1 is 1.03 bits per heavy atom. The number of oxime groups is 1. The summed E-state index contributed by atoms with van der Waals surface area (Å²) in [5, 5.41) is 6.74. The van der Waals surface area contributed by atoms with Crippen molar-refractivity contribution in [1.82, 2.24) is 5.32 Å². The number of aryl methyl sites for hydroxylation is 1. The van der Waals surface area contributed by atoms with E-state index in [1.54, 1.807) is 7.05 Å². The van der Waals surface area contributed by atoms with Crippen molar-refractivity contribution in [3.8, 4) is 17.2 Å². The predicted molar refractivity (Wildman–Crippen MR) is 128 cm³/mol. The van der Waals surface area contributed by atoms with Crippen LogP contribution in [-0.2, 0) is 4.79 Å². The molecule has 2 aromatic carbocycles. The molecule has 0 atom stereocenters. The smallest absolute Gasteiger partial charge is 0.219 e. The van der Waals surface area contributed by atoms with E-state index in [0.717, 1.165) is 46.6 Å². The Kier molecular flexibility index (Phi) is 9.85. The van der Waals surface area contributed by atoms with Gasteiger partial charge in [0.25, 0.3) is 0 Å². The number of benzene rings is 2. The van der Waals surface area contributed by atoms with Gasteiger partial charge in [0.15, 0.2) is 11.6 Å². The fraction of sp³-hybridized carbons (Fsp3) is 0.440. The minimum absolute atomic E-state index is 0.00976. The van der Waals surface area contributed by atoms with Crippen LogP contribution < -0.4 is 25.4 Å². The summed E-state index contributed by atoms with van der Waals surface area (Å²) < 4.78 is 11.6. The molecular weight excluding hydrogens is 406 g/mol. The first-order valence-electron chi connectivity index (χ1n) is 11.0. The van der Waals surface area contributed by atoms with Crippen LogP contribution in [0, 0.1) is 20.8 Å². The molecule has 3 N–H and O–H groups in total. The van der Waals surface area contributed by atoms with Crippen molar-refractivity contribution >= 4 is 11.7 Å². The molecule has 0 unspecified atom stereocenters. The zero-order valence-electron chi connectivity index (χ0n) is 19.8. The SMILES string of the molecule is CCCCOc1ccc(C(N)=NOc2c(C)cc(OCCCC(=O)NC)c(C)c2C)cc1. The van der Waals surface area contributed by atoms with E-state index in [1.165, 1.54) is 0 Å². The van der Waals surface area contributed by atoms with Gasteiger partial charge in [-0.05, 0) is 75.1 Å². The second-order valence-electron chi connectivity index (χ2n) is 7.69. The van der Waals surface area contributed by atoms with Crippen molar-refractivity contribution in [3.05, 3.63) is 52.6 Å². The van der Waals surface area contributed by atoms with E-state index in [2.05, 4.69) is 17.4 Å². The third-order valence-corrected chi connectivity index (χ3v) is 5.22. The van der Waals surface area contributed by atoms with E-state index in [1.807, 2.05) is 51.1 Å². The van der Waals surface area contributed by atoms with Gasteiger partial charge in [-0.15, -0.1) is 0 Å². The summed E-state index contributed by atoms with van der Waals surface area (Å²) in [6.07, 6.45) is 3.21. The van der Waals surface area contributed by atoms with Crippen LogP contribution in [0.15, 0.2) is 35.5 Å². The van der Waals surface area contributed by atoms with Crippen LogP contribution in [0.1, 0.15) is 54.9 Å². The van der Waals surface area contributed by atoms with Gasteiger partial charge in [0.2, 0.25) is 5.91 Å². The van der Waals surface area contributed by atoms with Crippen molar-refractivity contribution in [1.29, 1.82) is 0 Å². The highest BCUT2D eigenvalue weighted by Crippen LogP contribution is 2.33. The number of amides is 1. The Morgan fingerprint density at radius 3 is 2.38 bits per heavy atom. The molecule has 0 fully saturated rings. The van der Waals surface area contributed by atoms with Crippen LogP contribution in [0.2, 0.25) is 0 Å². The Hall–Kier alpha value is -3.22. The maximum absolute atomic E-state index is 11.3. The largest absolute Gasteiger partial charge is 0.494 e. The van der Waals surface area contributed by atoms with Crippen LogP contribution in [0.4, 0.5) is 0 Å². The fourth-order valence-electron chi connectivity index (χ4n) is 3.06. The van der Waals surface area contributed by atoms with E-state index in [4.69, 9.17) is 20.0 Å². The maximum Gasteiger partial charge on any atom is 0.219 e. The van der Waals surface area contributed by atoms with E-state index < -0.39 is 0 Å².